The monoisotopic (exact) mass is 140 g/mol. The molecule has 0 atom stereocenters. The summed E-state index contributed by atoms with van der Waals surface area (Å²) < 4.78 is 0. The summed E-state index contributed by atoms with van der Waals surface area (Å²) in [6, 6.07) is 0. The van der Waals surface area contributed by atoms with Crippen molar-refractivity contribution in [1.29, 1.82) is 0 Å². The minimum atomic E-state index is -0.139. The third kappa shape index (κ3) is 0.976. The van der Waals surface area contributed by atoms with E-state index in [9.17, 15) is 0 Å². The van der Waals surface area contributed by atoms with Gasteiger partial charge in [-0.05, 0) is 18.8 Å². The molecule has 2 heteroatoms. The Morgan fingerprint density at radius 2 is 1.90 bits per heavy atom. The van der Waals surface area contributed by atoms with Crippen molar-refractivity contribution in [3.05, 3.63) is 12.7 Å². The maximum absolute atomic E-state index is 4.90. The third-order valence-electron chi connectivity index (χ3n) is 2.44. The van der Waals surface area contributed by atoms with Gasteiger partial charge < -0.3 is 0 Å². The molecule has 2 aliphatic rings. The quantitative estimate of drug-likeness (QED) is 0.316. The predicted octanol–water partition coefficient (Wildman–Crippen LogP) is 2.02. The zero-order valence-electron chi connectivity index (χ0n) is 6.01. The first kappa shape index (κ1) is 6.38. The molecule has 0 bridgehead atoms. The maximum Gasteiger partial charge on any atom is 0.234 e. The Balaban J connectivity index is 1.89. The summed E-state index contributed by atoms with van der Waals surface area (Å²) in [5.74, 6) is 0.554. The van der Waals surface area contributed by atoms with Crippen LogP contribution in [-0.4, -0.2) is 5.79 Å². The molecule has 1 aliphatic heterocycles. The van der Waals surface area contributed by atoms with Crippen molar-refractivity contribution >= 4 is 0 Å². The van der Waals surface area contributed by atoms with Gasteiger partial charge in [0, 0.05) is 12.8 Å². The molecule has 2 nitrogen and oxygen atoms in total. The molecule has 0 amide bonds. The van der Waals surface area contributed by atoms with Crippen LogP contribution in [-0.2, 0) is 9.78 Å². The first-order valence-electron chi connectivity index (χ1n) is 3.84. The summed E-state index contributed by atoms with van der Waals surface area (Å²) in [7, 11) is 0. The van der Waals surface area contributed by atoms with Crippen LogP contribution in [0.4, 0.5) is 0 Å². The molecule has 0 aromatic heterocycles. The second kappa shape index (κ2) is 2.07. The van der Waals surface area contributed by atoms with Gasteiger partial charge in [0.1, 0.15) is 0 Å². The summed E-state index contributed by atoms with van der Waals surface area (Å²) in [6.07, 6.45) is 6.47. The molecule has 56 valence electrons. The summed E-state index contributed by atoms with van der Waals surface area (Å²) in [4.78, 5) is 9.79. The van der Waals surface area contributed by atoms with Crippen molar-refractivity contribution in [1.82, 2.24) is 0 Å². The molecular weight excluding hydrogens is 128 g/mol. The van der Waals surface area contributed by atoms with E-state index < -0.39 is 0 Å². The highest BCUT2D eigenvalue weighted by atomic mass is 17.4. The van der Waals surface area contributed by atoms with Crippen LogP contribution in [0.5, 0.6) is 0 Å². The van der Waals surface area contributed by atoms with E-state index >= 15 is 0 Å². The second-order valence-electron chi connectivity index (χ2n) is 3.15. The lowest BCUT2D eigenvalue weighted by Crippen LogP contribution is -2.19. The molecule has 0 radical (unpaired) electrons. The largest absolute Gasteiger partial charge is 0.234 e. The molecule has 1 spiro atoms. The molecule has 0 unspecified atom stereocenters. The number of hydrogen-bond donors (Lipinski definition) is 0. The van der Waals surface area contributed by atoms with Gasteiger partial charge in [-0.3, -0.25) is 0 Å². The van der Waals surface area contributed by atoms with Gasteiger partial charge in [-0.25, -0.2) is 0 Å². The van der Waals surface area contributed by atoms with E-state index in [-0.39, 0.29) is 5.79 Å². The van der Waals surface area contributed by atoms with Crippen LogP contribution in [0.3, 0.4) is 0 Å². The normalized spacial score (nSPS) is 30.4. The fourth-order valence-corrected chi connectivity index (χ4v) is 1.54. The van der Waals surface area contributed by atoms with Crippen LogP contribution in [0.15, 0.2) is 12.7 Å². The summed E-state index contributed by atoms with van der Waals surface area (Å²) in [5.41, 5.74) is 0. The maximum atomic E-state index is 4.90. The van der Waals surface area contributed by atoms with E-state index in [0.29, 0.717) is 5.92 Å². The highest BCUT2D eigenvalue weighted by Gasteiger charge is 2.50. The van der Waals surface area contributed by atoms with Gasteiger partial charge in [0.25, 0.3) is 0 Å². The molecule has 1 saturated heterocycles. The second-order valence-corrected chi connectivity index (χ2v) is 3.15. The van der Waals surface area contributed by atoms with Gasteiger partial charge in [0.2, 0.25) is 5.79 Å². The average Bonchev–Trinajstić information content (AvgIpc) is 2.72. The Morgan fingerprint density at radius 1 is 1.30 bits per heavy atom. The average molecular weight is 140 g/mol. The molecular formula is C8H12O2. The number of allylic oxidation sites excluding steroid dienone is 1. The van der Waals surface area contributed by atoms with Gasteiger partial charge in [0.05, 0.1) is 0 Å². The van der Waals surface area contributed by atoms with E-state index in [1.807, 2.05) is 6.08 Å². The minimum absolute atomic E-state index is 0.139. The van der Waals surface area contributed by atoms with E-state index in [0.717, 1.165) is 12.8 Å². The number of hydrogen-bond acceptors (Lipinski definition) is 2. The Labute approximate surface area is 60.7 Å². The van der Waals surface area contributed by atoms with E-state index in [2.05, 4.69) is 6.58 Å². The van der Waals surface area contributed by atoms with Crippen molar-refractivity contribution < 1.29 is 9.78 Å². The van der Waals surface area contributed by atoms with Crippen LogP contribution >= 0.6 is 0 Å². The molecule has 1 heterocycles. The molecule has 1 aliphatic carbocycles. The summed E-state index contributed by atoms with van der Waals surface area (Å²) in [5, 5.41) is 0. The fourth-order valence-electron chi connectivity index (χ4n) is 1.54. The molecule has 0 aromatic carbocycles. The Morgan fingerprint density at radius 3 is 2.30 bits per heavy atom. The van der Waals surface area contributed by atoms with Crippen molar-refractivity contribution in [3.8, 4) is 0 Å². The third-order valence-corrected chi connectivity index (χ3v) is 2.44. The molecule has 0 N–H and O–H groups in total. The Bertz CT molecular complexity index is 139. The molecule has 0 aromatic rings. The zero-order valence-corrected chi connectivity index (χ0v) is 6.01. The van der Waals surface area contributed by atoms with Crippen molar-refractivity contribution in [2.75, 3.05) is 0 Å². The van der Waals surface area contributed by atoms with Crippen molar-refractivity contribution in [3.63, 3.8) is 0 Å². The minimum Gasteiger partial charge on any atom is -0.195 e. The van der Waals surface area contributed by atoms with E-state index in [4.69, 9.17) is 9.78 Å². The van der Waals surface area contributed by atoms with Gasteiger partial charge >= 0.3 is 0 Å². The lowest BCUT2D eigenvalue weighted by Gasteiger charge is -2.20. The SMILES string of the molecule is C=CC1CCC2(CC1)OO2. The zero-order chi connectivity index (χ0) is 7.03. The van der Waals surface area contributed by atoms with Gasteiger partial charge in [-0.2, -0.15) is 9.78 Å². The van der Waals surface area contributed by atoms with Crippen molar-refractivity contribution in [2.45, 2.75) is 31.5 Å². The van der Waals surface area contributed by atoms with Crippen LogP contribution < -0.4 is 0 Å². The van der Waals surface area contributed by atoms with Crippen LogP contribution in [0.1, 0.15) is 25.7 Å². The lowest BCUT2D eigenvalue weighted by atomic mass is 9.86. The highest BCUT2D eigenvalue weighted by Crippen LogP contribution is 2.45. The van der Waals surface area contributed by atoms with Gasteiger partial charge in [0.15, 0.2) is 0 Å². The van der Waals surface area contributed by atoms with Crippen LogP contribution in [0.25, 0.3) is 0 Å². The summed E-state index contributed by atoms with van der Waals surface area (Å²) >= 11 is 0. The standard InChI is InChI=1S/C8H12O2/c1-2-7-3-5-8(6-4-7)9-10-8/h2,7H,1,3-6H2. The van der Waals surface area contributed by atoms with Crippen molar-refractivity contribution in [2.24, 2.45) is 5.92 Å². The Hall–Kier alpha value is -0.340. The number of rotatable bonds is 1. The molecule has 10 heavy (non-hydrogen) atoms. The van der Waals surface area contributed by atoms with Gasteiger partial charge in [-0.1, -0.05) is 6.08 Å². The molecule has 2 fully saturated rings. The van der Waals surface area contributed by atoms with Gasteiger partial charge in [-0.15, -0.1) is 6.58 Å². The van der Waals surface area contributed by atoms with E-state index in [1.165, 1.54) is 12.8 Å². The lowest BCUT2D eigenvalue weighted by molar-refractivity contribution is 0.0850. The van der Waals surface area contributed by atoms with E-state index in [1.54, 1.807) is 0 Å². The first-order chi connectivity index (χ1) is 4.85. The first-order valence-corrected chi connectivity index (χ1v) is 3.84. The Kier molecular flexibility index (Phi) is 1.32. The summed E-state index contributed by atoms with van der Waals surface area (Å²) in [6.45, 7) is 3.77. The smallest absolute Gasteiger partial charge is 0.195 e. The highest BCUT2D eigenvalue weighted by molar-refractivity contribution is 4.89. The predicted molar refractivity (Wildman–Crippen MR) is 37.1 cm³/mol. The topological polar surface area (TPSA) is 25.1 Å². The molecule has 1 saturated carbocycles. The fraction of sp³-hybridized carbons (Fsp3) is 0.750. The molecule has 2 rings (SSSR count). The van der Waals surface area contributed by atoms with Crippen LogP contribution in [0.2, 0.25) is 0 Å². The van der Waals surface area contributed by atoms with Crippen LogP contribution in [0, 0.1) is 5.92 Å².